The molecule has 0 atom stereocenters. The summed E-state index contributed by atoms with van der Waals surface area (Å²) in [5.41, 5.74) is 11.1. The van der Waals surface area contributed by atoms with Crippen LogP contribution in [-0.2, 0) is 5.41 Å². The van der Waals surface area contributed by atoms with E-state index in [4.69, 9.17) is 4.74 Å². The quantitative estimate of drug-likeness (QED) is 0.192. The summed E-state index contributed by atoms with van der Waals surface area (Å²) >= 11 is 0. The van der Waals surface area contributed by atoms with Gasteiger partial charge in [0, 0.05) is 22.2 Å². The van der Waals surface area contributed by atoms with Gasteiger partial charge < -0.3 is 9.64 Å². The molecule has 7 aromatic rings. The van der Waals surface area contributed by atoms with Gasteiger partial charge in [-0.05, 0) is 92.0 Å². The molecule has 0 saturated carbocycles. The molecule has 0 unspecified atom stereocenters. The molecule has 0 amide bonds. The molecule has 7 aromatic carbocycles. The van der Waals surface area contributed by atoms with Gasteiger partial charge in [-0.1, -0.05) is 117 Å². The van der Waals surface area contributed by atoms with E-state index in [1.54, 1.807) is 7.11 Å². The number of nitrogens with zero attached hydrogens (tertiary/aromatic N) is 1. The fourth-order valence-electron chi connectivity index (χ4n) is 7.06. The molecule has 0 N–H and O–H groups in total. The number of anilines is 3. The first-order valence-corrected chi connectivity index (χ1v) is 15.2. The summed E-state index contributed by atoms with van der Waals surface area (Å²) < 4.78 is 5.38. The summed E-state index contributed by atoms with van der Waals surface area (Å²) in [4.78, 5) is 2.44. The Morgan fingerprint density at radius 1 is 0.500 bits per heavy atom. The average molecular weight is 568 g/mol. The number of methoxy groups -OCH3 is 1. The molecule has 0 aliphatic heterocycles. The largest absolute Gasteiger partial charge is 0.497 e. The highest BCUT2D eigenvalue weighted by atomic mass is 16.5. The van der Waals surface area contributed by atoms with Gasteiger partial charge in [0.05, 0.1) is 12.8 Å². The van der Waals surface area contributed by atoms with Crippen molar-refractivity contribution in [1.29, 1.82) is 0 Å². The molecule has 212 valence electrons. The van der Waals surface area contributed by atoms with Crippen molar-refractivity contribution in [1.82, 2.24) is 0 Å². The van der Waals surface area contributed by atoms with Crippen molar-refractivity contribution in [3.8, 4) is 28.0 Å². The number of hydrogen-bond acceptors (Lipinski definition) is 2. The van der Waals surface area contributed by atoms with Crippen molar-refractivity contribution in [2.45, 2.75) is 19.3 Å². The summed E-state index contributed by atoms with van der Waals surface area (Å²) in [7, 11) is 1.70. The predicted molar refractivity (Wildman–Crippen MR) is 186 cm³/mol. The molecule has 0 heterocycles. The van der Waals surface area contributed by atoms with Gasteiger partial charge in [0.2, 0.25) is 0 Å². The smallest absolute Gasteiger partial charge is 0.118 e. The van der Waals surface area contributed by atoms with Crippen molar-refractivity contribution < 1.29 is 4.74 Å². The molecule has 2 nitrogen and oxygen atoms in total. The molecular weight excluding hydrogens is 534 g/mol. The molecule has 44 heavy (non-hydrogen) atoms. The zero-order valence-electron chi connectivity index (χ0n) is 25.2. The third-order valence-corrected chi connectivity index (χ3v) is 9.36. The van der Waals surface area contributed by atoms with Gasteiger partial charge >= 0.3 is 0 Å². The highest BCUT2D eigenvalue weighted by Gasteiger charge is 2.35. The summed E-state index contributed by atoms with van der Waals surface area (Å²) in [6.07, 6.45) is 0. The van der Waals surface area contributed by atoms with E-state index in [0.717, 1.165) is 22.7 Å². The molecule has 0 radical (unpaired) electrons. The maximum Gasteiger partial charge on any atom is 0.118 e. The summed E-state index contributed by atoms with van der Waals surface area (Å²) in [5, 5.41) is 4.99. The zero-order valence-corrected chi connectivity index (χ0v) is 25.2. The molecular formula is C42H33NO. The monoisotopic (exact) mass is 567 g/mol. The lowest BCUT2D eigenvalue weighted by Gasteiger charge is -2.29. The van der Waals surface area contributed by atoms with Crippen LogP contribution in [-0.4, -0.2) is 7.11 Å². The molecule has 2 heteroatoms. The Morgan fingerprint density at radius 2 is 1.09 bits per heavy atom. The van der Waals surface area contributed by atoms with Gasteiger partial charge in [0.15, 0.2) is 0 Å². The fourth-order valence-corrected chi connectivity index (χ4v) is 7.06. The minimum Gasteiger partial charge on any atom is -0.497 e. The van der Waals surface area contributed by atoms with Gasteiger partial charge in [0.1, 0.15) is 5.75 Å². The van der Waals surface area contributed by atoms with Crippen LogP contribution < -0.4 is 9.64 Å². The molecule has 0 aromatic heterocycles. The van der Waals surface area contributed by atoms with Crippen LogP contribution >= 0.6 is 0 Å². The zero-order chi connectivity index (χ0) is 29.8. The Morgan fingerprint density at radius 3 is 1.84 bits per heavy atom. The van der Waals surface area contributed by atoms with E-state index in [9.17, 15) is 0 Å². The number of fused-ring (bicyclic) bond motifs is 6. The van der Waals surface area contributed by atoms with E-state index in [0.29, 0.717) is 0 Å². The molecule has 0 fully saturated rings. The van der Waals surface area contributed by atoms with Crippen LogP contribution in [0.1, 0.15) is 25.0 Å². The number of rotatable bonds is 5. The van der Waals surface area contributed by atoms with Crippen molar-refractivity contribution >= 4 is 38.6 Å². The lowest BCUT2D eigenvalue weighted by molar-refractivity contribution is 0.415. The summed E-state index contributed by atoms with van der Waals surface area (Å²) in [6, 6.07) is 52.9. The Bertz CT molecular complexity index is 2170. The topological polar surface area (TPSA) is 12.5 Å². The van der Waals surface area contributed by atoms with Crippen LogP contribution in [0.5, 0.6) is 5.75 Å². The Balaban J connectivity index is 1.34. The second-order valence-corrected chi connectivity index (χ2v) is 12.2. The highest BCUT2D eigenvalue weighted by Crippen LogP contribution is 2.51. The second kappa shape index (κ2) is 10.1. The number of benzene rings is 7. The van der Waals surface area contributed by atoms with Crippen LogP contribution in [0, 0.1) is 0 Å². The van der Waals surface area contributed by atoms with Gasteiger partial charge in [-0.2, -0.15) is 0 Å². The second-order valence-electron chi connectivity index (χ2n) is 12.2. The Labute approximate surface area is 258 Å². The van der Waals surface area contributed by atoms with Crippen molar-refractivity contribution in [2.24, 2.45) is 0 Å². The molecule has 1 aliphatic rings. The SMILES string of the molecule is COc1ccc(-c2ccc(N(c3ccc4c(c3)C(C)(C)c3ccccc3-4)c3cc4ccccc4c4ccccc34)cc2)cc1. The van der Waals surface area contributed by atoms with E-state index in [1.165, 1.54) is 55.0 Å². The lowest BCUT2D eigenvalue weighted by atomic mass is 9.82. The third kappa shape index (κ3) is 4.10. The van der Waals surface area contributed by atoms with Gasteiger partial charge in [-0.15, -0.1) is 0 Å². The van der Waals surface area contributed by atoms with E-state index < -0.39 is 0 Å². The molecule has 0 saturated heterocycles. The molecule has 1 aliphatic carbocycles. The predicted octanol–water partition coefficient (Wildman–Crippen LogP) is 11.4. The first-order valence-electron chi connectivity index (χ1n) is 15.2. The number of hydrogen-bond donors (Lipinski definition) is 0. The maximum atomic E-state index is 5.38. The van der Waals surface area contributed by atoms with E-state index in [2.05, 4.69) is 152 Å². The summed E-state index contributed by atoms with van der Waals surface area (Å²) in [5.74, 6) is 0.862. The number of ether oxygens (including phenoxy) is 1. The van der Waals surface area contributed by atoms with Crippen LogP contribution in [0.15, 0.2) is 146 Å². The molecule has 0 bridgehead atoms. The minimum atomic E-state index is -0.0860. The van der Waals surface area contributed by atoms with E-state index >= 15 is 0 Å². The first-order chi connectivity index (χ1) is 21.5. The van der Waals surface area contributed by atoms with Gasteiger partial charge in [0.25, 0.3) is 0 Å². The minimum absolute atomic E-state index is 0.0860. The molecule has 8 rings (SSSR count). The Kier molecular flexibility index (Phi) is 6.06. The van der Waals surface area contributed by atoms with Crippen molar-refractivity contribution in [3.63, 3.8) is 0 Å². The first kappa shape index (κ1) is 26.3. The lowest BCUT2D eigenvalue weighted by Crippen LogP contribution is -2.16. The fraction of sp³-hybridized carbons (Fsp3) is 0.0952. The van der Waals surface area contributed by atoms with Gasteiger partial charge in [-0.3, -0.25) is 0 Å². The average Bonchev–Trinajstić information content (AvgIpc) is 3.31. The van der Waals surface area contributed by atoms with Crippen LogP contribution in [0.25, 0.3) is 43.8 Å². The highest BCUT2D eigenvalue weighted by molar-refractivity contribution is 6.14. The van der Waals surface area contributed by atoms with Crippen molar-refractivity contribution in [2.75, 3.05) is 12.0 Å². The van der Waals surface area contributed by atoms with Crippen LogP contribution in [0.4, 0.5) is 17.1 Å². The standard InChI is InChI=1S/C42H33NO/c1-42(2)39-15-9-8-13-36(39)37-25-22-32(27-40(37)42)43(31-20-16-28(17-21-31)29-18-23-33(44-3)24-19-29)41-26-30-10-4-5-11-34(30)35-12-6-7-14-38(35)41/h4-27H,1-3H3. The van der Waals surface area contributed by atoms with Crippen LogP contribution in [0.3, 0.4) is 0 Å². The normalized spacial score (nSPS) is 13.1. The summed E-state index contributed by atoms with van der Waals surface area (Å²) in [6.45, 7) is 4.70. The van der Waals surface area contributed by atoms with Gasteiger partial charge in [-0.25, -0.2) is 0 Å². The van der Waals surface area contributed by atoms with Crippen molar-refractivity contribution in [3.05, 3.63) is 157 Å². The van der Waals surface area contributed by atoms with Crippen LogP contribution in [0.2, 0.25) is 0 Å². The Hall–Kier alpha value is -5.34. The third-order valence-electron chi connectivity index (χ3n) is 9.36. The van der Waals surface area contributed by atoms with E-state index in [-0.39, 0.29) is 5.41 Å². The maximum absolute atomic E-state index is 5.38. The molecule has 0 spiro atoms. The van der Waals surface area contributed by atoms with E-state index in [1.807, 2.05) is 12.1 Å².